The lowest BCUT2D eigenvalue weighted by Crippen LogP contribution is -2.36. The molecule has 6 nitrogen and oxygen atoms in total. The number of halogens is 1. The molecule has 2 aromatic carbocycles. The van der Waals surface area contributed by atoms with Crippen molar-refractivity contribution in [2.45, 2.75) is 5.16 Å². The highest BCUT2D eigenvalue weighted by Crippen LogP contribution is 2.25. The molecule has 1 amide bonds. The zero-order valence-electron chi connectivity index (χ0n) is 16.0. The number of aromatic nitrogens is 2. The van der Waals surface area contributed by atoms with E-state index in [4.69, 9.17) is 4.74 Å². The molecule has 2 heterocycles. The number of morpholine rings is 1. The number of carbonyl (C=O) groups is 1. The zero-order valence-corrected chi connectivity index (χ0v) is 16.8. The van der Waals surface area contributed by atoms with E-state index in [1.807, 2.05) is 41.5 Å². The molecule has 8 heteroatoms. The van der Waals surface area contributed by atoms with Crippen LogP contribution in [0.3, 0.4) is 0 Å². The molecule has 1 fully saturated rings. The number of anilines is 2. The van der Waals surface area contributed by atoms with Gasteiger partial charge in [0.1, 0.15) is 11.5 Å². The minimum atomic E-state index is -0.369. The van der Waals surface area contributed by atoms with Crippen molar-refractivity contribution in [3.8, 4) is 5.69 Å². The molecule has 0 bridgehead atoms. The number of carbonyl (C=O) groups excluding carboxylic acids is 1. The number of ether oxygens (including phenoxy) is 1. The smallest absolute Gasteiger partial charge is 0.274 e. The predicted molar refractivity (Wildman–Crippen MR) is 113 cm³/mol. The van der Waals surface area contributed by atoms with Crippen LogP contribution in [0.2, 0.25) is 0 Å². The van der Waals surface area contributed by atoms with Crippen LogP contribution in [0, 0.1) is 5.82 Å². The van der Waals surface area contributed by atoms with Crippen molar-refractivity contribution in [2.24, 2.45) is 0 Å². The van der Waals surface area contributed by atoms with Crippen LogP contribution in [-0.4, -0.2) is 48.0 Å². The van der Waals surface area contributed by atoms with E-state index in [-0.39, 0.29) is 11.7 Å². The summed E-state index contributed by atoms with van der Waals surface area (Å²) >= 11 is 1.45. The fourth-order valence-electron chi connectivity index (χ4n) is 3.31. The van der Waals surface area contributed by atoms with Gasteiger partial charge in [0, 0.05) is 24.5 Å². The van der Waals surface area contributed by atoms with E-state index in [9.17, 15) is 9.18 Å². The van der Waals surface area contributed by atoms with Crippen molar-refractivity contribution in [1.82, 2.24) is 9.55 Å². The number of hydrogen-bond donors (Lipinski definition) is 1. The summed E-state index contributed by atoms with van der Waals surface area (Å²) in [6, 6.07) is 14.3. The Morgan fingerprint density at radius 3 is 2.62 bits per heavy atom. The third-order valence-corrected chi connectivity index (χ3v) is 5.37. The van der Waals surface area contributed by atoms with Crippen LogP contribution in [-0.2, 0) is 4.74 Å². The number of nitrogens with zero attached hydrogens (tertiary/aromatic N) is 3. The van der Waals surface area contributed by atoms with Crippen LogP contribution in [0.4, 0.5) is 15.8 Å². The molecule has 0 aliphatic carbocycles. The summed E-state index contributed by atoms with van der Waals surface area (Å²) in [4.78, 5) is 19.2. The summed E-state index contributed by atoms with van der Waals surface area (Å²) in [6.45, 7) is 2.46. The second-order valence-electron chi connectivity index (χ2n) is 6.52. The zero-order chi connectivity index (χ0) is 20.2. The van der Waals surface area contributed by atoms with Gasteiger partial charge in [-0.25, -0.2) is 9.37 Å². The van der Waals surface area contributed by atoms with Gasteiger partial charge in [0.15, 0.2) is 5.16 Å². The highest BCUT2D eigenvalue weighted by molar-refractivity contribution is 7.98. The number of imidazole rings is 1. The van der Waals surface area contributed by atoms with E-state index in [0.29, 0.717) is 48.5 Å². The standard InChI is InChI=1S/C21H21FN4O2S/c1-29-21-23-14-19(26(21)16-5-3-2-4-6-16)20(27)24-15-7-8-18(17(22)13-15)25-9-11-28-12-10-25/h2-8,13-14H,9-12H2,1H3,(H,24,27). The molecule has 29 heavy (non-hydrogen) atoms. The molecule has 1 aromatic heterocycles. The SMILES string of the molecule is CSc1ncc(C(=O)Nc2ccc(N3CCOCC3)c(F)c2)n1-c1ccccc1. The normalized spacial score (nSPS) is 14.1. The van der Waals surface area contributed by atoms with E-state index in [2.05, 4.69) is 10.3 Å². The maximum atomic E-state index is 14.6. The summed E-state index contributed by atoms with van der Waals surface area (Å²) < 4.78 is 21.7. The Bertz CT molecular complexity index is 1000. The van der Waals surface area contributed by atoms with Crippen molar-refractivity contribution in [2.75, 3.05) is 42.8 Å². The van der Waals surface area contributed by atoms with Crippen molar-refractivity contribution >= 4 is 29.0 Å². The Hall–Kier alpha value is -2.84. The first kappa shape index (κ1) is 19.5. The largest absolute Gasteiger partial charge is 0.378 e. The fourth-order valence-corrected chi connectivity index (χ4v) is 3.85. The Balaban J connectivity index is 1.57. The van der Waals surface area contributed by atoms with Gasteiger partial charge in [-0.05, 0) is 36.6 Å². The molecule has 150 valence electrons. The van der Waals surface area contributed by atoms with Crippen molar-refractivity contribution < 1.29 is 13.9 Å². The van der Waals surface area contributed by atoms with Gasteiger partial charge in [-0.15, -0.1) is 0 Å². The summed E-state index contributed by atoms with van der Waals surface area (Å²) in [5, 5.41) is 3.49. The molecular formula is C21H21FN4O2S. The van der Waals surface area contributed by atoms with Crippen LogP contribution >= 0.6 is 11.8 Å². The second kappa shape index (κ2) is 8.67. The summed E-state index contributed by atoms with van der Waals surface area (Å²) in [5.74, 6) is -0.716. The van der Waals surface area contributed by atoms with E-state index in [1.54, 1.807) is 16.7 Å². The maximum absolute atomic E-state index is 14.6. The van der Waals surface area contributed by atoms with E-state index < -0.39 is 0 Å². The first-order valence-corrected chi connectivity index (χ1v) is 10.5. The maximum Gasteiger partial charge on any atom is 0.274 e. The lowest BCUT2D eigenvalue weighted by molar-refractivity contribution is 0.102. The summed E-state index contributed by atoms with van der Waals surface area (Å²) in [5.41, 5.74) is 2.15. The summed E-state index contributed by atoms with van der Waals surface area (Å²) in [7, 11) is 0. The second-order valence-corrected chi connectivity index (χ2v) is 7.29. The average molecular weight is 412 g/mol. The number of para-hydroxylation sites is 1. The topological polar surface area (TPSA) is 59.4 Å². The molecular weight excluding hydrogens is 391 g/mol. The molecule has 1 N–H and O–H groups in total. The number of rotatable bonds is 5. The van der Waals surface area contributed by atoms with Crippen molar-refractivity contribution in [1.29, 1.82) is 0 Å². The highest BCUT2D eigenvalue weighted by atomic mass is 32.2. The van der Waals surface area contributed by atoms with Gasteiger partial charge in [-0.2, -0.15) is 0 Å². The average Bonchev–Trinajstić information content (AvgIpc) is 3.19. The van der Waals surface area contributed by atoms with Crippen LogP contribution in [0.15, 0.2) is 59.9 Å². The molecule has 0 saturated carbocycles. The molecule has 0 atom stereocenters. The van der Waals surface area contributed by atoms with Gasteiger partial charge in [0.2, 0.25) is 0 Å². The molecule has 0 radical (unpaired) electrons. The quantitative estimate of drug-likeness (QED) is 0.646. The van der Waals surface area contributed by atoms with Crippen LogP contribution < -0.4 is 10.2 Å². The first-order chi connectivity index (χ1) is 14.2. The Labute approximate surface area is 172 Å². The van der Waals surface area contributed by atoms with Gasteiger partial charge >= 0.3 is 0 Å². The van der Waals surface area contributed by atoms with Crippen molar-refractivity contribution in [3.05, 3.63) is 66.2 Å². The molecule has 1 saturated heterocycles. The van der Waals surface area contributed by atoms with Crippen molar-refractivity contribution in [3.63, 3.8) is 0 Å². The molecule has 1 aliphatic rings. The minimum absolute atomic E-state index is 0.347. The minimum Gasteiger partial charge on any atom is -0.378 e. The van der Waals surface area contributed by atoms with Gasteiger partial charge in [-0.1, -0.05) is 30.0 Å². The van der Waals surface area contributed by atoms with E-state index in [0.717, 1.165) is 5.69 Å². The number of nitrogens with one attached hydrogen (secondary N) is 1. The van der Waals surface area contributed by atoms with E-state index >= 15 is 0 Å². The molecule has 1 aliphatic heterocycles. The number of hydrogen-bond acceptors (Lipinski definition) is 5. The van der Waals surface area contributed by atoms with Gasteiger partial charge < -0.3 is 15.0 Å². The van der Waals surface area contributed by atoms with Crippen LogP contribution in [0.5, 0.6) is 0 Å². The van der Waals surface area contributed by atoms with E-state index in [1.165, 1.54) is 24.0 Å². The monoisotopic (exact) mass is 412 g/mol. The predicted octanol–water partition coefficient (Wildman–Crippen LogP) is 3.82. The van der Waals surface area contributed by atoms with Gasteiger partial charge in [0.25, 0.3) is 5.91 Å². The number of amides is 1. The molecule has 3 aromatic rings. The van der Waals surface area contributed by atoms with Crippen LogP contribution in [0.25, 0.3) is 5.69 Å². The number of thioether (sulfide) groups is 1. The van der Waals surface area contributed by atoms with Gasteiger partial charge in [0.05, 0.1) is 25.1 Å². The Kier molecular flexibility index (Phi) is 5.82. The third-order valence-electron chi connectivity index (χ3n) is 4.72. The van der Waals surface area contributed by atoms with Gasteiger partial charge in [-0.3, -0.25) is 9.36 Å². The Morgan fingerprint density at radius 1 is 1.17 bits per heavy atom. The lowest BCUT2D eigenvalue weighted by Gasteiger charge is -2.29. The number of benzene rings is 2. The molecule has 0 unspecified atom stereocenters. The molecule has 0 spiro atoms. The lowest BCUT2D eigenvalue weighted by atomic mass is 10.2. The first-order valence-electron chi connectivity index (χ1n) is 9.28. The highest BCUT2D eigenvalue weighted by Gasteiger charge is 2.19. The summed E-state index contributed by atoms with van der Waals surface area (Å²) in [6.07, 6.45) is 3.44. The third kappa shape index (κ3) is 4.13. The Morgan fingerprint density at radius 2 is 1.93 bits per heavy atom. The van der Waals surface area contributed by atoms with Crippen LogP contribution in [0.1, 0.15) is 10.5 Å². The molecule has 4 rings (SSSR count). The fraction of sp³-hybridized carbons (Fsp3) is 0.238.